The molecule has 0 spiro atoms. The van der Waals surface area contributed by atoms with Crippen LogP contribution in [0.25, 0.3) is 0 Å². The van der Waals surface area contributed by atoms with Gasteiger partial charge in [0.1, 0.15) is 18.4 Å². The van der Waals surface area contributed by atoms with Gasteiger partial charge in [-0.1, -0.05) is 13.8 Å². The van der Waals surface area contributed by atoms with Crippen molar-refractivity contribution >= 4 is 30.0 Å². The van der Waals surface area contributed by atoms with E-state index in [9.17, 15) is 19.2 Å². The van der Waals surface area contributed by atoms with Crippen LogP contribution in [0, 0.1) is 11.3 Å². The van der Waals surface area contributed by atoms with E-state index in [2.05, 4.69) is 21.3 Å². The van der Waals surface area contributed by atoms with Crippen LogP contribution in [0.2, 0.25) is 0 Å². The largest absolute Gasteiger partial charge is 0.370 e. The van der Waals surface area contributed by atoms with Gasteiger partial charge in [0, 0.05) is 13.0 Å². The predicted octanol–water partition coefficient (Wildman–Crippen LogP) is -1.26. The Hall–Kier alpha value is -2.65. The lowest BCUT2D eigenvalue weighted by molar-refractivity contribution is -0.131. The zero-order valence-corrected chi connectivity index (χ0v) is 15.8. The van der Waals surface area contributed by atoms with Crippen molar-refractivity contribution in [2.45, 2.75) is 64.1 Å². The highest BCUT2D eigenvalue weighted by molar-refractivity contribution is 5.94. The number of amides is 3. The molecule has 10 nitrogen and oxygen atoms in total. The first-order valence-electron chi connectivity index (χ1n) is 9.16. The van der Waals surface area contributed by atoms with Gasteiger partial charge in [0.05, 0.1) is 6.04 Å². The standard InChI is InChI=1S/C17H30N6O4/c1-10(2)8-13(23-15(26)12-5-6-14(25)22-12)16(27)21-11(9-24)4-3-7-20-17(18)19/h9-13H,3-8H2,1-2H3,(H,21,27)(H,22,25)(H,23,26)(H4,18,19,20)/t11-,12-,13-/m0/s1. The molecule has 152 valence electrons. The summed E-state index contributed by atoms with van der Waals surface area (Å²) in [6.45, 7) is 4.27. The molecule has 3 atom stereocenters. The molecule has 0 aromatic carbocycles. The highest BCUT2D eigenvalue weighted by Gasteiger charge is 2.31. The normalized spacial score (nSPS) is 18.3. The first kappa shape index (κ1) is 22.4. The van der Waals surface area contributed by atoms with E-state index in [1.807, 2.05) is 13.8 Å². The summed E-state index contributed by atoms with van der Waals surface area (Å²) in [5.41, 5.74) is 5.18. The van der Waals surface area contributed by atoms with Crippen molar-refractivity contribution in [2.24, 2.45) is 11.7 Å². The van der Waals surface area contributed by atoms with Crippen LogP contribution < -0.4 is 27.0 Å². The summed E-state index contributed by atoms with van der Waals surface area (Å²) in [6, 6.07) is -2.10. The Balaban J connectivity index is 2.58. The molecule has 10 heteroatoms. The maximum Gasteiger partial charge on any atom is 0.243 e. The summed E-state index contributed by atoms with van der Waals surface area (Å²) in [5, 5.41) is 17.6. The molecule has 1 saturated heterocycles. The van der Waals surface area contributed by atoms with E-state index in [-0.39, 0.29) is 17.8 Å². The van der Waals surface area contributed by atoms with Crippen LogP contribution >= 0.6 is 0 Å². The first-order chi connectivity index (χ1) is 12.7. The number of aldehydes is 1. The predicted molar refractivity (Wildman–Crippen MR) is 99.7 cm³/mol. The van der Waals surface area contributed by atoms with Crippen LogP contribution in [0.5, 0.6) is 0 Å². The molecule has 1 aliphatic heterocycles. The third-order valence-electron chi connectivity index (χ3n) is 4.15. The fourth-order valence-corrected chi connectivity index (χ4v) is 2.79. The SMILES string of the molecule is CC(C)C[C@H](NC(=O)[C@@H]1CCC(=O)N1)C(=O)N[C@H](C=O)CCCNC(=N)N. The number of carbonyl (C=O) groups excluding carboxylic acids is 4. The molecule has 0 unspecified atom stereocenters. The summed E-state index contributed by atoms with van der Waals surface area (Å²) in [6.07, 6.45) is 2.68. The number of hydrogen-bond acceptors (Lipinski definition) is 5. The van der Waals surface area contributed by atoms with Crippen LogP contribution in [0.4, 0.5) is 0 Å². The first-order valence-corrected chi connectivity index (χ1v) is 9.16. The minimum atomic E-state index is -0.784. The van der Waals surface area contributed by atoms with E-state index in [0.29, 0.717) is 44.9 Å². The Morgan fingerprint density at radius 1 is 1.37 bits per heavy atom. The Bertz CT molecular complexity index is 566. The fourth-order valence-electron chi connectivity index (χ4n) is 2.79. The van der Waals surface area contributed by atoms with Gasteiger partial charge in [-0.2, -0.15) is 0 Å². The average molecular weight is 382 g/mol. The molecule has 0 saturated carbocycles. The zero-order valence-electron chi connectivity index (χ0n) is 15.8. The second-order valence-corrected chi connectivity index (χ2v) is 7.08. The van der Waals surface area contributed by atoms with Crippen LogP contribution in [0.1, 0.15) is 46.0 Å². The molecule has 7 N–H and O–H groups in total. The van der Waals surface area contributed by atoms with Gasteiger partial charge in [-0.3, -0.25) is 19.8 Å². The lowest BCUT2D eigenvalue weighted by atomic mass is 10.0. The Kier molecular flexibility index (Phi) is 9.24. The van der Waals surface area contributed by atoms with Gasteiger partial charge in [0.25, 0.3) is 0 Å². The number of nitrogens with one attached hydrogen (secondary N) is 5. The Morgan fingerprint density at radius 2 is 2.07 bits per heavy atom. The van der Waals surface area contributed by atoms with E-state index < -0.39 is 29.9 Å². The van der Waals surface area contributed by atoms with Gasteiger partial charge in [-0.25, -0.2) is 0 Å². The van der Waals surface area contributed by atoms with Gasteiger partial charge in [-0.15, -0.1) is 0 Å². The number of hydrogen-bond donors (Lipinski definition) is 6. The van der Waals surface area contributed by atoms with Crippen molar-refractivity contribution in [3.63, 3.8) is 0 Å². The Labute approximate surface area is 158 Å². The molecule has 0 aromatic heterocycles. The zero-order chi connectivity index (χ0) is 20.4. The second-order valence-electron chi connectivity index (χ2n) is 7.08. The summed E-state index contributed by atoms with van der Waals surface area (Å²) in [4.78, 5) is 47.4. The van der Waals surface area contributed by atoms with E-state index in [1.165, 1.54) is 0 Å². The number of guanidine groups is 1. The minimum absolute atomic E-state index is 0.147. The van der Waals surface area contributed by atoms with E-state index in [4.69, 9.17) is 11.1 Å². The van der Waals surface area contributed by atoms with Gasteiger partial charge in [0.2, 0.25) is 17.7 Å². The summed E-state index contributed by atoms with van der Waals surface area (Å²) in [5.74, 6) is -1.01. The molecule has 0 radical (unpaired) electrons. The van der Waals surface area contributed by atoms with Crippen LogP contribution in [0.15, 0.2) is 0 Å². The van der Waals surface area contributed by atoms with Gasteiger partial charge in [-0.05, 0) is 31.6 Å². The average Bonchev–Trinajstić information content (AvgIpc) is 3.02. The monoisotopic (exact) mass is 382 g/mol. The van der Waals surface area contributed by atoms with Crippen molar-refractivity contribution in [1.82, 2.24) is 21.3 Å². The molecule has 1 rings (SSSR count). The molecule has 1 aliphatic rings. The molecular weight excluding hydrogens is 352 g/mol. The lowest BCUT2D eigenvalue weighted by Crippen LogP contribution is -2.54. The summed E-state index contributed by atoms with van der Waals surface area (Å²) < 4.78 is 0. The maximum atomic E-state index is 12.6. The van der Waals surface area contributed by atoms with Crippen LogP contribution in [0.3, 0.4) is 0 Å². The maximum absolute atomic E-state index is 12.6. The lowest BCUT2D eigenvalue weighted by Gasteiger charge is -2.23. The molecule has 0 aromatic rings. The smallest absolute Gasteiger partial charge is 0.243 e. The summed E-state index contributed by atoms with van der Waals surface area (Å²) >= 11 is 0. The molecule has 0 bridgehead atoms. The molecule has 3 amide bonds. The molecule has 27 heavy (non-hydrogen) atoms. The summed E-state index contributed by atoms with van der Waals surface area (Å²) in [7, 11) is 0. The second kappa shape index (κ2) is 11.1. The van der Waals surface area contributed by atoms with Crippen molar-refractivity contribution in [1.29, 1.82) is 5.41 Å². The van der Waals surface area contributed by atoms with Crippen molar-refractivity contribution in [3.05, 3.63) is 0 Å². The highest BCUT2D eigenvalue weighted by Crippen LogP contribution is 2.10. The fraction of sp³-hybridized carbons (Fsp3) is 0.706. The Morgan fingerprint density at radius 3 is 2.59 bits per heavy atom. The van der Waals surface area contributed by atoms with E-state index >= 15 is 0 Å². The molecule has 1 fully saturated rings. The van der Waals surface area contributed by atoms with Gasteiger partial charge in [0.15, 0.2) is 5.96 Å². The van der Waals surface area contributed by atoms with Gasteiger partial charge >= 0.3 is 0 Å². The van der Waals surface area contributed by atoms with Crippen molar-refractivity contribution < 1.29 is 19.2 Å². The van der Waals surface area contributed by atoms with Crippen molar-refractivity contribution in [3.8, 4) is 0 Å². The third kappa shape index (κ3) is 8.52. The topological polar surface area (TPSA) is 166 Å². The number of nitrogens with two attached hydrogens (primary N) is 1. The highest BCUT2D eigenvalue weighted by atomic mass is 16.2. The van der Waals surface area contributed by atoms with Gasteiger partial charge < -0.3 is 31.8 Å². The quantitative estimate of drug-likeness (QED) is 0.113. The third-order valence-corrected chi connectivity index (χ3v) is 4.15. The van der Waals surface area contributed by atoms with Crippen molar-refractivity contribution in [2.75, 3.05) is 6.54 Å². The van der Waals surface area contributed by atoms with E-state index in [1.54, 1.807) is 0 Å². The molecule has 1 heterocycles. The van der Waals surface area contributed by atoms with Crippen LogP contribution in [-0.4, -0.2) is 54.6 Å². The molecule has 0 aliphatic carbocycles. The van der Waals surface area contributed by atoms with E-state index in [0.717, 1.165) is 0 Å². The number of carbonyl (C=O) groups is 4. The van der Waals surface area contributed by atoms with Crippen LogP contribution in [-0.2, 0) is 19.2 Å². The minimum Gasteiger partial charge on any atom is -0.370 e. The molecular formula is C17H30N6O4. The number of rotatable bonds is 11.